The highest BCUT2D eigenvalue weighted by Crippen LogP contribution is 2.34. The Balaban J connectivity index is 3.74. The van der Waals surface area contributed by atoms with Crippen LogP contribution < -0.4 is 5.73 Å². The quantitative estimate of drug-likeness (QED) is 0.590. The van der Waals surface area contributed by atoms with Gasteiger partial charge < -0.3 is 10.8 Å². The summed E-state index contributed by atoms with van der Waals surface area (Å²) >= 11 is 0. The van der Waals surface area contributed by atoms with E-state index in [4.69, 9.17) is 5.73 Å². The number of Topliss-reactive ketones (excluding diaryl/α,β-unsaturated/α-hetero) is 1. The number of hydrogen-bond donors (Lipinski definition) is 2. The Morgan fingerprint density at radius 2 is 1.50 bits per heavy atom. The van der Waals surface area contributed by atoms with Gasteiger partial charge in [-0.15, -0.1) is 0 Å². The summed E-state index contributed by atoms with van der Waals surface area (Å²) in [6.45, 7) is 8.96. The summed E-state index contributed by atoms with van der Waals surface area (Å²) in [5, 5.41) is 9.17. The molecule has 0 fully saturated rings. The smallest absolute Gasteiger partial charge is 0.357 e. The third-order valence-corrected chi connectivity index (χ3v) is 3.75. The first kappa shape index (κ1) is 19.5. The fourth-order valence-corrected chi connectivity index (χ4v) is 2.62. The van der Waals surface area contributed by atoms with Crippen LogP contribution >= 0.6 is 0 Å². The second-order valence-electron chi connectivity index (χ2n) is 6.30. The number of primary amides is 1. The molecular formula is C18H24N2O4. The number of nitrogens with two attached hydrogens (primary N) is 1. The highest BCUT2D eigenvalue weighted by molar-refractivity contribution is 6.63. The van der Waals surface area contributed by atoms with Crippen LogP contribution in [-0.4, -0.2) is 28.5 Å². The summed E-state index contributed by atoms with van der Waals surface area (Å²) in [6.07, 6.45) is 0. The number of aliphatic imine (C=N–C) groups is 1. The lowest BCUT2D eigenvalue weighted by atomic mass is 9.85. The van der Waals surface area contributed by atoms with Crippen molar-refractivity contribution in [3.8, 4) is 0 Å². The summed E-state index contributed by atoms with van der Waals surface area (Å²) in [5.41, 5.74) is 7.15. The van der Waals surface area contributed by atoms with Crippen molar-refractivity contribution in [2.45, 2.75) is 52.5 Å². The molecule has 0 saturated carbocycles. The second kappa shape index (κ2) is 7.86. The van der Waals surface area contributed by atoms with E-state index in [0.29, 0.717) is 5.56 Å². The van der Waals surface area contributed by atoms with Crippen molar-refractivity contribution in [1.82, 2.24) is 0 Å². The molecule has 6 nitrogen and oxygen atoms in total. The van der Waals surface area contributed by atoms with E-state index in [1.807, 2.05) is 45.9 Å². The Kier molecular flexibility index (Phi) is 6.40. The molecule has 0 aliphatic carbocycles. The molecule has 6 heteroatoms. The lowest BCUT2D eigenvalue weighted by molar-refractivity contribution is -0.130. The van der Waals surface area contributed by atoms with E-state index in [2.05, 4.69) is 4.99 Å². The van der Waals surface area contributed by atoms with Crippen LogP contribution in [0.5, 0.6) is 0 Å². The molecule has 0 saturated heterocycles. The van der Waals surface area contributed by atoms with Gasteiger partial charge in [0.15, 0.2) is 17.5 Å². The van der Waals surface area contributed by atoms with Crippen LogP contribution in [0, 0.1) is 0 Å². The van der Waals surface area contributed by atoms with Gasteiger partial charge in [-0.05, 0) is 28.5 Å². The Labute approximate surface area is 141 Å². The molecule has 0 heterocycles. The first-order chi connectivity index (χ1) is 11.1. The van der Waals surface area contributed by atoms with Crippen molar-refractivity contribution >= 4 is 23.4 Å². The van der Waals surface area contributed by atoms with Gasteiger partial charge in [-0.1, -0.05) is 45.9 Å². The topological polar surface area (TPSA) is 110 Å². The zero-order chi connectivity index (χ0) is 18.6. The molecule has 0 aliphatic rings. The molecule has 0 aliphatic heterocycles. The molecule has 130 valence electrons. The average Bonchev–Trinajstić information content (AvgIpc) is 2.45. The molecule has 0 spiro atoms. The number of carboxylic acids is 1. The number of carbonyl (C=O) groups excluding carboxylic acids is 2. The molecule has 3 N–H and O–H groups in total. The van der Waals surface area contributed by atoms with Gasteiger partial charge in [-0.2, -0.15) is 0 Å². The maximum atomic E-state index is 12.0. The van der Waals surface area contributed by atoms with Gasteiger partial charge in [0.1, 0.15) is 0 Å². The number of hydrogen-bond acceptors (Lipinski definition) is 4. The zero-order valence-electron chi connectivity index (χ0n) is 14.7. The fourth-order valence-electron chi connectivity index (χ4n) is 2.62. The highest BCUT2D eigenvalue weighted by atomic mass is 16.4. The number of rotatable bonds is 7. The maximum Gasteiger partial charge on any atom is 0.357 e. The molecular weight excluding hydrogens is 308 g/mol. The van der Waals surface area contributed by atoms with Gasteiger partial charge in [0, 0.05) is 6.92 Å². The lowest BCUT2D eigenvalue weighted by Gasteiger charge is -2.23. The van der Waals surface area contributed by atoms with Crippen molar-refractivity contribution in [2.24, 2.45) is 10.7 Å². The van der Waals surface area contributed by atoms with Gasteiger partial charge in [-0.3, -0.25) is 14.6 Å². The highest BCUT2D eigenvalue weighted by Gasteiger charge is 2.28. The SMILES string of the molecule is CC(=O)C(=NC(C(N)=O)c1c(C(C)C)cccc1C(C)C)C(=O)O. The molecule has 24 heavy (non-hydrogen) atoms. The van der Waals surface area contributed by atoms with Crippen molar-refractivity contribution < 1.29 is 19.5 Å². The van der Waals surface area contributed by atoms with Crippen molar-refractivity contribution in [1.29, 1.82) is 0 Å². The number of ketones is 1. The molecule has 0 aromatic heterocycles. The van der Waals surface area contributed by atoms with Crippen LogP contribution in [0.15, 0.2) is 23.2 Å². The monoisotopic (exact) mass is 332 g/mol. The molecule has 1 amide bonds. The van der Waals surface area contributed by atoms with E-state index in [0.717, 1.165) is 18.1 Å². The maximum absolute atomic E-state index is 12.0. The Hall–Kier alpha value is -2.50. The van der Waals surface area contributed by atoms with Crippen LogP contribution in [0.25, 0.3) is 0 Å². The third-order valence-electron chi connectivity index (χ3n) is 3.75. The Morgan fingerprint density at radius 3 is 1.79 bits per heavy atom. The summed E-state index contributed by atoms with van der Waals surface area (Å²) in [6, 6.07) is 4.41. The first-order valence-electron chi connectivity index (χ1n) is 7.81. The molecule has 0 bridgehead atoms. The van der Waals surface area contributed by atoms with Crippen molar-refractivity contribution in [2.75, 3.05) is 0 Å². The van der Waals surface area contributed by atoms with Crippen LogP contribution in [0.4, 0.5) is 0 Å². The minimum atomic E-state index is -1.47. The van der Waals surface area contributed by atoms with Gasteiger partial charge in [0.25, 0.3) is 0 Å². The number of carboxylic acid groups (broad SMARTS) is 1. The number of nitrogens with zero attached hydrogens (tertiary/aromatic N) is 1. The molecule has 1 unspecified atom stereocenters. The average molecular weight is 332 g/mol. The number of amides is 1. The first-order valence-corrected chi connectivity index (χ1v) is 7.81. The van der Waals surface area contributed by atoms with Crippen molar-refractivity contribution in [3.05, 3.63) is 34.9 Å². The number of benzene rings is 1. The van der Waals surface area contributed by atoms with Crippen LogP contribution in [-0.2, 0) is 14.4 Å². The molecule has 1 aromatic carbocycles. The minimum absolute atomic E-state index is 0.0846. The fraction of sp³-hybridized carbons (Fsp3) is 0.444. The normalized spacial score (nSPS) is 13.2. The summed E-state index contributed by atoms with van der Waals surface area (Å²) < 4.78 is 0. The van der Waals surface area contributed by atoms with E-state index >= 15 is 0 Å². The summed E-state index contributed by atoms with van der Waals surface area (Å²) in [4.78, 5) is 38.8. The predicted octanol–water partition coefficient (Wildman–Crippen LogP) is 2.57. The Bertz CT molecular complexity index is 648. The van der Waals surface area contributed by atoms with Gasteiger partial charge >= 0.3 is 5.97 Å². The lowest BCUT2D eigenvalue weighted by Crippen LogP contribution is -2.28. The second-order valence-corrected chi connectivity index (χ2v) is 6.30. The number of carbonyl (C=O) groups is 3. The number of aliphatic carboxylic acids is 1. The van der Waals surface area contributed by atoms with E-state index < -0.39 is 29.4 Å². The molecule has 1 aromatic rings. The van der Waals surface area contributed by atoms with Gasteiger partial charge in [0.05, 0.1) is 0 Å². The molecule has 1 rings (SSSR count). The van der Waals surface area contributed by atoms with Crippen LogP contribution in [0.2, 0.25) is 0 Å². The van der Waals surface area contributed by atoms with E-state index in [-0.39, 0.29) is 11.8 Å². The third kappa shape index (κ3) is 4.28. The standard InChI is InChI=1S/C18H24N2O4/c1-9(2)12-7-6-8-13(10(3)4)14(12)16(17(19)22)20-15(11(5)21)18(23)24/h6-10,16H,1-5H3,(H2,19,22)(H,23,24). The van der Waals surface area contributed by atoms with Crippen LogP contribution in [0.3, 0.4) is 0 Å². The zero-order valence-corrected chi connectivity index (χ0v) is 14.7. The summed E-state index contributed by atoms with van der Waals surface area (Å²) in [7, 11) is 0. The summed E-state index contributed by atoms with van der Waals surface area (Å²) in [5.74, 6) is -2.81. The molecule has 1 atom stereocenters. The van der Waals surface area contributed by atoms with Gasteiger partial charge in [-0.25, -0.2) is 4.79 Å². The Morgan fingerprint density at radius 1 is 1.04 bits per heavy atom. The van der Waals surface area contributed by atoms with Gasteiger partial charge in [0.2, 0.25) is 5.91 Å². The van der Waals surface area contributed by atoms with E-state index in [1.54, 1.807) is 0 Å². The van der Waals surface area contributed by atoms with Crippen molar-refractivity contribution in [3.63, 3.8) is 0 Å². The van der Waals surface area contributed by atoms with Crippen LogP contribution in [0.1, 0.15) is 69.2 Å². The van der Waals surface area contributed by atoms with E-state index in [1.165, 1.54) is 0 Å². The predicted molar refractivity (Wildman–Crippen MR) is 92.3 cm³/mol. The minimum Gasteiger partial charge on any atom is -0.476 e. The van der Waals surface area contributed by atoms with E-state index in [9.17, 15) is 19.5 Å². The largest absolute Gasteiger partial charge is 0.476 e. The molecule has 0 radical (unpaired) electrons.